The van der Waals surface area contributed by atoms with Crippen LogP contribution in [0.25, 0.3) is 0 Å². The number of benzene rings is 2. The third-order valence-corrected chi connectivity index (χ3v) is 4.33. The van der Waals surface area contributed by atoms with Crippen LogP contribution in [0.2, 0.25) is 10.0 Å². The molecule has 0 aliphatic carbocycles. The van der Waals surface area contributed by atoms with Gasteiger partial charge >= 0.3 is 6.03 Å². The van der Waals surface area contributed by atoms with Crippen LogP contribution in [-0.4, -0.2) is 12.6 Å². The number of carbonyl (C=O) groups is 1. The molecule has 2 aromatic rings. The van der Waals surface area contributed by atoms with Crippen LogP contribution >= 0.6 is 23.2 Å². The summed E-state index contributed by atoms with van der Waals surface area (Å²) in [6, 6.07) is 12.9. The first-order valence-electron chi connectivity index (χ1n) is 7.26. The van der Waals surface area contributed by atoms with Crippen molar-refractivity contribution in [2.75, 3.05) is 16.8 Å². The Bertz CT molecular complexity index is 703. The Balaban J connectivity index is 1.85. The monoisotopic (exact) mass is 334 g/mol. The fraction of sp³-hybridized carbons (Fsp3) is 0.235. The molecule has 0 unspecified atom stereocenters. The van der Waals surface area contributed by atoms with E-state index < -0.39 is 0 Å². The van der Waals surface area contributed by atoms with Gasteiger partial charge in [0.05, 0.1) is 10.7 Å². The quantitative estimate of drug-likeness (QED) is 0.747. The SMILES string of the molecule is O=C(Nc1ccc(Cl)cc1Cl)N1CCCCc2ccccc21. The number of hydrogen-bond donors (Lipinski definition) is 1. The number of aryl methyl sites for hydroxylation is 1. The Hall–Kier alpha value is -1.71. The molecule has 0 spiro atoms. The van der Waals surface area contributed by atoms with Gasteiger partial charge in [-0.2, -0.15) is 0 Å². The fourth-order valence-corrected chi connectivity index (χ4v) is 3.13. The predicted molar refractivity (Wildman–Crippen MR) is 92.2 cm³/mol. The highest BCUT2D eigenvalue weighted by Crippen LogP contribution is 2.29. The van der Waals surface area contributed by atoms with Gasteiger partial charge in [0.2, 0.25) is 0 Å². The number of carbonyl (C=O) groups excluding carboxylic acids is 1. The zero-order chi connectivity index (χ0) is 15.5. The highest BCUT2D eigenvalue weighted by Gasteiger charge is 2.21. The lowest BCUT2D eigenvalue weighted by Gasteiger charge is -2.23. The summed E-state index contributed by atoms with van der Waals surface area (Å²) in [6.07, 6.45) is 3.07. The summed E-state index contributed by atoms with van der Waals surface area (Å²) >= 11 is 12.0. The van der Waals surface area contributed by atoms with Crippen LogP contribution in [0.4, 0.5) is 16.2 Å². The molecule has 0 aromatic heterocycles. The number of urea groups is 1. The van der Waals surface area contributed by atoms with Gasteiger partial charge < -0.3 is 5.32 Å². The van der Waals surface area contributed by atoms with Crippen molar-refractivity contribution in [3.8, 4) is 0 Å². The molecule has 2 amide bonds. The Labute approximate surface area is 139 Å². The lowest BCUT2D eigenvalue weighted by molar-refractivity contribution is 0.257. The van der Waals surface area contributed by atoms with Crippen molar-refractivity contribution in [2.45, 2.75) is 19.3 Å². The number of nitrogens with zero attached hydrogens (tertiary/aromatic N) is 1. The van der Waals surface area contributed by atoms with Crippen molar-refractivity contribution in [2.24, 2.45) is 0 Å². The predicted octanol–water partition coefficient (Wildman–Crippen LogP) is 5.37. The summed E-state index contributed by atoms with van der Waals surface area (Å²) in [6.45, 7) is 0.702. The number of nitrogens with one attached hydrogen (secondary N) is 1. The van der Waals surface area contributed by atoms with Gasteiger partial charge in [-0.1, -0.05) is 41.4 Å². The van der Waals surface area contributed by atoms with Crippen LogP contribution in [0.15, 0.2) is 42.5 Å². The molecule has 1 N–H and O–H groups in total. The van der Waals surface area contributed by atoms with Gasteiger partial charge in [-0.15, -0.1) is 0 Å². The third kappa shape index (κ3) is 3.21. The van der Waals surface area contributed by atoms with Crippen molar-refractivity contribution in [3.05, 3.63) is 58.1 Å². The van der Waals surface area contributed by atoms with Gasteiger partial charge in [0.15, 0.2) is 0 Å². The van der Waals surface area contributed by atoms with E-state index in [9.17, 15) is 4.79 Å². The van der Waals surface area contributed by atoms with Crippen LogP contribution < -0.4 is 10.2 Å². The Morgan fingerprint density at radius 2 is 1.91 bits per heavy atom. The van der Waals surface area contributed by atoms with Crippen molar-refractivity contribution in [3.63, 3.8) is 0 Å². The summed E-state index contributed by atoms with van der Waals surface area (Å²) in [5.74, 6) is 0. The maximum Gasteiger partial charge on any atom is 0.326 e. The summed E-state index contributed by atoms with van der Waals surface area (Å²) in [7, 11) is 0. The number of halogens is 2. The molecule has 22 heavy (non-hydrogen) atoms. The standard InChI is InChI=1S/C17H16Cl2N2O/c18-13-8-9-15(14(19)11-13)20-17(22)21-10-4-3-6-12-5-1-2-7-16(12)21/h1-2,5,7-9,11H,3-4,6,10H2,(H,20,22). The number of para-hydroxylation sites is 1. The van der Waals surface area contributed by atoms with Crippen LogP contribution in [0.5, 0.6) is 0 Å². The molecule has 0 fully saturated rings. The molecule has 1 heterocycles. The molecule has 1 aliphatic rings. The fourth-order valence-electron chi connectivity index (χ4n) is 2.68. The second-order valence-electron chi connectivity index (χ2n) is 5.29. The second-order valence-corrected chi connectivity index (χ2v) is 6.14. The smallest absolute Gasteiger partial charge is 0.306 e. The van der Waals surface area contributed by atoms with E-state index in [0.29, 0.717) is 22.3 Å². The average Bonchev–Trinajstić information content (AvgIpc) is 2.72. The average molecular weight is 335 g/mol. The van der Waals surface area contributed by atoms with Gasteiger partial charge in [-0.3, -0.25) is 4.90 Å². The van der Waals surface area contributed by atoms with Crippen LogP contribution in [-0.2, 0) is 6.42 Å². The summed E-state index contributed by atoms with van der Waals surface area (Å²) in [4.78, 5) is 14.4. The largest absolute Gasteiger partial charge is 0.326 e. The van der Waals surface area contributed by atoms with Gasteiger partial charge in [0, 0.05) is 17.3 Å². The molecule has 5 heteroatoms. The maximum absolute atomic E-state index is 12.6. The summed E-state index contributed by atoms with van der Waals surface area (Å²) in [5, 5.41) is 3.85. The lowest BCUT2D eigenvalue weighted by atomic mass is 10.1. The first-order chi connectivity index (χ1) is 10.6. The number of rotatable bonds is 1. The zero-order valence-electron chi connectivity index (χ0n) is 12.0. The summed E-state index contributed by atoms with van der Waals surface area (Å²) in [5.41, 5.74) is 2.75. The second kappa shape index (κ2) is 6.59. The molecular formula is C17H16Cl2N2O. The van der Waals surface area contributed by atoms with Crippen molar-refractivity contribution in [1.82, 2.24) is 0 Å². The van der Waals surface area contributed by atoms with Crippen LogP contribution in [0.1, 0.15) is 18.4 Å². The van der Waals surface area contributed by atoms with E-state index in [1.165, 1.54) is 5.56 Å². The van der Waals surface area contributed by atoms with Gasteiger partial charge in [0.25, 0.3) is 0 Å². The van der Waals surface area contributed by atoms with E-state index in [1.54, 1.807) is 23.1 Å². The van der Waals surface area contributed by atoms with E-state index >= 15 is 0 Å². The zero-order valence-corrected chi connectivity index (χ0v) is 13.5. The van der Waals surface area contributed by atoms with Crippen LogP contribution in [0.3, 0.4) is 0 Å². The maximum atomic E-state index is 12.6. The van der Waals surface area contributed by atoms with Crippen molar-refractivity contribution in [1.29, 1.82) is 0 Å². The van der Waals surface area contributed by atoms with Gasteiger partial charge in [-0.25, -0.2) is 4.79 Å². The van der Waals surface area contributed by atoms with E-state index in [2.05, 4.69) is 11.4 Å². The Kier molecular flexibility index (Phi) is 4.55. The van der Waals surface area contributed by atoms with E-state index in [-0.39, 0.29) is 6.03 Å². The van der Waals surface area contributed by atoms with Gasteiger partial charge in [0.1, 0.15) is 0 Å². The third-order valence-electron chi connectivity index (χ3n) is 3.78. The van der Waals surface area contributed by atoms with E-state index in [0.717, 1.165) is 24.9 Å². The number of amides is 2. The van der Waals surface area contributed by atoms with Crippen molar-refractivity contribution < 1.29 is 4.79 Å². The van der Waals surface area contributed by atoms with Crippen molar-refractivity contribution >= 4 is 40.6 Å². The first kappa shape index (κ1) is 15.2. The highest BCUT2D eigenvalue weighted by atomic mass is 35.5. The van der Waals surface area contributed by atoms with Gasteiger partial charge in [-0.05, 0) is 49.1 Å². The molecule has 0 saturated heterocycles. The Morgan fingerprint density at radius 3 is 2.73 bits per heavy atom. The topological polar surface area (TPSA) is 32.3 Å². The minimum Gasteiger partial charge on any atom is -0.306 e. The minimum atomic E-state index is -0.168. The Morgan fingerprint density at radius 1 is 1.09 bits per heavy atom. The van der Waals surface area contributed by atoms with Crippen LogP contribution in [0, 0.1) is 0 Å². The summed E-state index contributed by atoms with van der Waals surface area (Å²) < 4.78 is 0. The molecule has 3 rings (SSSR count). The molecule has 0 radical (unpaired) electrons. The molecule has 1 aliphatic heterocycles. The van der Waals surface area contributed by atoms with E-state index in [1.807, 2.05) is 18.2 Å². The number of fused-ring (bicyclic) bond motifs is 1. The molecular weight excluding hydrogens is 319 g/mol. The molecule has 114 valence electrons. The minimum absolute atomic E-state index is 0.168. The molecule has 0 bridgehead atoms. The molecule has 0 atom stereocenters. The molecule has 0 saturated carbocycles. The first-order valence-corrected chi connectivity index (χ1v) is 8.02. The number of hydrogen-bond acceptors (Lipinski definition) is 1. The molecule has 3 nitrogen and oxygen atoms in total. The lowest BCUT2D eigenvalue weighted by Crippen LogP contribution is -2.35. The highest BCUT2D eigenvalue weighted by molar-refractivity contribution is 6.36. The normalized spacial score (nSPS) is 14.2. The number of anilines is 2. The molecule has 2 aromatic carbocycles. The van der Waals surface area contributed by atoms with E-state index in [4.69, 9.17) is 23.2 Å².